The molecule has 2 rings (SSSR count). The summed E-state index contributed by atoms with van der Waals surface area (Å²) in [6, 6.07) is 13.5. The highest BCUT2D eigenvalue weighted by molar-refractivity contribution is 6.30. The fraction of sp³-hybridized carbons (Fsp3) is 0.417. The van der Waals surface area contributed by atoms with E-state index < -0.39 is 5.97 Å². The maximum Gasteiger partial charge on any atom is 0.338 e. The Hall–Kier alpha value is -2.33. The summed E-state index contributed by atoms with van der Waals surface area (Å²) in [6.45, 7) is 2.77. The first-order valence-corrected chi connectivity index (χ1v) is 10.7. The van der Waals surface area contributed by atoms with Crippen LogP contribution in [0, 0.1) is 0 Å². The monoisotopic (exact) mass is 416 g/mol. The maximum absolute atomic E-state index is 12.2. The fourth-order valence-electron chi connectivity index (χ4n) is 2.91. The molecule has 0 radical (unpaired) electrons. The zero-order valence-corrected chi connectivity index (χ0v) is 17.7. The molecule has 0 amide bonds. The van der Waals surface area contributed by atoms with Crippen molar-refractivity contribution in [1.82, 2.24) is 0 Å². The van der Waals surface area contributed by atoms with Gasteiger partial charge in [-0.1, -0.05) is 69.2 Å². The van der Waals surface area contributed by atoms with Crippen molar-refractivity contribution in [2.75, 3.05) is 6.61 Å². The number of unbranched alkanes of at least 4 members (excludes halogenated alkanes) is 6. The second-order valence-electron chi connectivity index (χ2n) is 7.04. The predicted octanol–water partition coefficient (Wildman–Crippen LogP) is 6.60. The average molecular weight is 417 g/mol. The van der Waals surface area contributed by atoms with E-state index in [1.807, 2.05) is 6.07 Å². The molecule has 0 spiro atoms. The number of carbonyl (C=O) groups is 2. The molecule has 29 heavy (non-hydrogen) atoms. The van der Waals surface area contributed by atoms with Gasteiger partial charge in [0.2, 0.25) is 0 Å². The van der Waals surface area contributed by atoms with E-state index in [9.17, 15) is 9.59 Å². The Balaban J connectivity index is 1.70. The van der Waals surface area contributed by atoms with Crippen LogP contribution in [0.25, 0.3) is 0 Å². The molecular formula is C24H29ClO4. The topological polar surface area (TPSA) is 52.6 Å². The number of ether oxygens (including phenoxy) is 2. The highest BCUT2D eigenvalue weighted by Gasteiger charge is 2.11. The van der Waals surface area contributed by atoms with Crippen LogP contribution in [-0.4, -0.2) is 18.5 Å². The van der Waals surface area contributed by atoms with Gasteiger partial charge in [-0.3, -0.25) is 0 Å². The lowest BCUT2D eigenvalue weighted by molar-refractivity contribution is 0.0466. The van der Waals surface area contributed by atoms with Crippen molar-refractivity contribution >= 4 is 23.5 Å². The molecule has 0 aliphatic carbocycles. The van der Waals surface area contributed by atoms with Crippen LogP contribution < -0.4 is 0 Å². The Morgan fingerprint density at radius 3 is 2.00 bits per heavy atom. The number of esters is 2. The largest absolute Gasteiger partial charge is 0.462 e. The zero-order valence-electron chi connectivity index (χ0n) is 17.0. The van der Waals surface area contributed by atoms with Crippen LogP contribution in [0.4, 0.5) is 0 Å². The van der Waals surface area contributed by atoms with Crippen molar-refractivity contribution in [2.24, 2.45) is 0 Å². The highest BCUT2D eigenvalue weighted by atomic mass is 35.5. The first kappa shape index (κ1) is 23.0. The van der Waals surface area contributed by atoms with Gasteiger partial charge in [-0.25, -0.2) is 9.59 Å². The minimum absolute atomic E-state index is 0.141. The number of carbonyl (C=O) groups excluding carboxylic acids is 2. The third-order valence-electron chi connectivity index (χ3n) is 4.60. The van der Waals surface area contributed by atoms with Crippen molar-refractivity contribution in [3.63, 3.8) is 0 Å². The van der Waals surface area contributed by atoms with E-state index in [4.69, 9.17) is 21.1 Å². The molecule has 0 aliphatic rings. The van der Waals surface area contributed by atoms with E-state index in [0.717, 1.165) is 18.4 Å². The SMILES string of the molecule is CCCCCCCCCOC(=O)c1ccc(C(=O)OCc2cccc(Cl)c2)cc1. The number of halogens is 1. The first-order valence-electron chi connectivity index (χ1n) is 10.3. The van der Waals surface area contributed by atoms with Crippen LogP contribution in [0.2, 0.25) is 5.02 Å². The van der Waals surface area contributed by atoms with E-state index in [1.165, 1.54) is 32.1 Å². The highest BCUT2D eigenvalue weighted by Crippen LogP contribution is 2.13. The van der Waals surface area contributed by atoms with Crippen molar-refractivity contribution in [2.45, 2.75) is 58.5 Å². The summed E-state index contributed by atoms with van der Waals surface area (Å²) < 4.78 is 10.6. The van der Waals surface area contributed by atoms with Gasteiger partial charge >= 0.3 is 11.9 Å². The molecule has 0 bridgehead atoms. The molecule has 0 aromatic heterocycles. The quantitative estimate of drug-likeness (QED) is 0.288. The van der Waals surface area contributed by atoms with Gasteiger partial charge in [-0.2, -0.15) is 0 Å². The van der Waals surface area contributed by atoms with Gasteiger partial charge < -0.3 is 9.47 Å². The Bertz CT molecular complexity index is 771. The number of hydrogen-bond acceptors (Lipinski definition) is 4. The maximum atomic E-state index is 12.2. The molecule has 4 nitrogen and oxygen atoms in total. The minimum Gasteiger partial charge on any atom is -0.462 e. The summed E-state index contributed by atoms with van der Waals surface area (Å²) in [7, 11) is 0. The number of benzene rings is 2. The van der Waals surface area contributed by atoms with Crippen molar-refractivity contribution in [1.29, 1.82) is 0 Å². The van der Waals surface area contributed by atoms with Crippen LogP contribution in [0.3, 0.4) is 0 Å². The van der Waals surface area contributed by atoms with Gasteiger partial charge in [0.15, 0.2) is 0 Å². The van der Waals surface area contributed by atoms with E-state index in [-0.39, 0.29) is 12.6 Å². The fourth-order valence-corrected chi connectivity index (χ4v) is 3.12. The third-order valence-corrected chi connectivity index (χ3v) is 4.83. The Kier molecular flexibility index (Phi) is 10.3. The first-order chi connectivity index (χ1) is 14.1. The van der Waals surface area contributed by atoms with Gasteiger partial charge in [-0.05, 0) is 48.4 Å². The molecule has 2 aromatic carbocycles. The van der Waals surface area contributed by atoms with Crippen molar-refractivity contribution in [3.8, 4) is 0 Å². The summed E-state index contributed by atoms with van der Waals surface area (Å²) in [4.78, 5) is 24.2. The Labute approximate surface area is 178 Å². The van der Waals surface area contributed by atoms with Gasteiger partial charge in [0.05, 0.1) is 17.7 Å². The summed E-state index contributed by atoms with van der Waals surface area (Å²) in [5.74, 6) is -0.817. The van der Waals surface area contributed by atoms with Gasteiger partial charge in [-0.15, -0.1) is 0 Å². The normalized spacial score (nSPS) is 10.6. The van der Waals surface area contributed by atoms with Crippen molar-refractivity contribution in [3.05, 3.63) is 70.2 Å². The summed E-state index contributed by atoms with van der Waals surface area (Å²) in [5.41, 5.74) is 1.63. The standard InChI is InChI=1S/C24H29ClO4/c1-2-3-4-5-6-7-8-16-28-23(26)20-12-14-21(15-13-20)24(27)29-18-19-10-9-11-22(25)17-19/h9-15,17H,2-8,16,18H2,1H3. The van der Waals surface area contributed by atoms with Gasteiger partial charge in [0, 0.05) is 5.02 Å². The molecule has 0 aliphatic heterocycles. The lowest BCUT2D eigenvalue weighted by atomic mass is 10.1. The average Bonchev–Trinajstić information content (AvgIpc) is 2.74. The molecule has 0 heterocycles. The lowest BCUT2D eigenvalue weighted by Gasteiger charge is -2.07. The number of rotatable bonds is 12. The Morgan fingerprint density at radius 2 is 1.38 bits per heavy atom. The molecule has 0 N–H and O–H groups in total. The molecule has 5 heteroatoms. The molecule has 2 aromatic rings. The second-order valence-corrected chi connectivity index (χ2v) is 7.48. The van der Waals surface area contributed by atoms with E-state index >= 15 is 0 Å². The smallest absolute Gasteiger partial charge is 0.338 e. The molecule has 0 fully saturated rings. The molecule has 0 unspecified atom stereocenters. The van der Waals surface area contributed by atoms with Crippen LogP contribution in [-0.2, 0) is 16.1 Å². The van der Waals surface area contributed by atoms with E-state index in [1.54, 1.807) is 42.5 Å². The zero-order chi connectivity index (χ0) is 20.9. The van der Waals surface area contributed by atoms with Gasteiger partial charge in [0.25, 0.3) is 0 Å². The molecule has 0 saturated carbocycles. The van der Waals surface area contributed by atoms with Crippen LogP contribution in [0.1, 0.15) is 78.1 Å². The Morgan fingerprint density at radius 1 is 0.793 bits per heavy atom. The summed E-state index contributed by atoms with van der Waals surface area (Å²) >= 11 is 5.92. The molecule has 156 valence electrons. The summed E-state index contributed by atoms with van der Waals surface area (Å²) in [5, 5.41) is 0.595. The van der Waals surface area contributed by atoms with Crippen LogP contribution >= 0.6 is 11.6 Å². The summed E-state index contributed by atoms with van der Waals surface area (Å²) in [6.07, 6.45) is 8.21. The van der Waals surface area contributed by atoms with Crippen LogP contribution in [0.5, 0.6) is 0 Å². The third kappa shape index (κ3) is 8.70. The number of hydrogen-bond donors (Lipinski definition) is 0. The molecular weight excluding hydrogens is 388 g/mol. The van der Waals surface area contributed by atoms with E-state index in [2.05, 4.69) is 6.92 Å². The lowest BCUT2D eigenvalue weighted by Crippen LogP contribution is -2.08. The predicted molar refractivity (Wildman–Crippen MR) is 115 cm³/mol. The van der Waals surface area contributed by atoms with Crippen molar-refractivity contribution < 1.29 is 19.1 Å². The second kappa shape index (κ2) is 13.0. The van der Waals surface area contributed by atoms with Crippen LogP contribution in [0.15, 0.2) is 48.5 Å². The van der Waals surface area contributed by atoms with E-state index in [0.29, 0.717) is 22.8 Å². The van der Waals surface area contributed by atoms with Gasteiger partial charge in [0.1, 0.15) is 6.61 Å². The molecule has 0 atom stereocenters. The minimum atomic E-state index is -0.451. The molecule has 0 saturated heterocycles.